The Bertz CT molecular complexity index is 642. The van der Waals surface area contributed by atoms with Crippen LogP contribution in [0.25, 0.3) is 0 Å². The van der Waals surface area contributed by atoms with E-state index in [9.17, 15) is 8.42 Å². The lowest BCUT2D eigenvalue weighted by Crippen LogP contribution is -2.51. The molecule has 2 aliphatic rings. The van der Waals surface area contributed by atoms with Crippen LogP contribution in [-0.2, 0) is 16.4 Å². The summed E-state index contributed by atoms with van der Waals surface area (Å²) in [6, 6.07) is 5.08. The first-order valence-corrected chi connectivity index (χ1v) is 8.96. The number of sulfonamides is 1. The summed E-state index contributed by atoms with van der Waals surface area (Å²) in [4.78, 5) is 0.304. The smallest absolute Gasteiger partial charge is 0.241 e. The van der Waals surface area contributed by atoms with E-state index < -0.39 is 15.6 Å². The Kier molecular flexibility index (Phi) is 5.06. The molecule has 1 saturated carbocycles. The lowest BCUT2D eigenvalue weighted by molar-refractivity contribution is 0.254. The zero-order chi connectivity index (χ0) is 15.1. The summed E-state index contributed by atoms with van der Waals surface area (Å²) in [7, 11) is -3.54. The second-order valence-electron chi connectivity index (χ2n) is 6.20. The molecular weight excluding hydrogens is 324 g/mol. The zero-order valence-corrected chi connectivity index (χ0v) is 14.3. The van der Waals surface area contributed by atoms with Crippen molar-refractivity contribution in [2.24, 2.45) is 5.73 Å². The highest BCUT2D eigenvalue weighted by molar-refractivity contribution is 7.89. The number of rotatable bonds is 4. The summed E-state index contributed by atoms with van der Waals surface area (Å²) in [5.41, 5.74) is 6.30. The Morgan fingerprint density at radius 2 is 2.05 bits per heavy atom. The number of nitrogens with two attached hydrogens (primary N) is 1. The molecule has 1 atom stereocenters. The van der Waals surface area contributed by atoms with Gasteiger partial charge in [-0.05, 0) is 43.5 Å². The van der Waals surface area contributed by atoms with Crippen molar-refractivity contribution in [2.45, 2.75) is 55.6 Å². The maximum Gasteiger partial charge on any atom is 0.241 e. The van der Waals surface area contributed by atoms with Crippen LogP contribution >= 0.6 is 12.4 Å². The maximum atomic E-state index is 12.6. The predicted molar refractivity (Wildman–Crippen MR) is 88.1 cm³/mol. The SMILES string of the molecule is CC1Cc2cc(S(=O)(=O)NC3(CN)CCCC3)ccc2O1.Cl. The Morgan fingerprint density at radius 1 is 1.36 bits per heavy atom. The lowest BCUT2D eigenvalue weighted by Gasteiger charge is -2.28. The van der Waals surface area contributed by atoms with Crippen molar-refractivity contribution < 1.29 is 13.2 Å². The standard InChI is InChI=1S/C15H22N2O3S.ClH/c1-11-8-12-9-13(4-5-14(12)20-11)21(18,19)17-15(10-16)6-2-3-7-15;/h4-5,9,11,17H,2-3,6-8,10,16H2,1H3;1H. The van der Waals surface area contributed by atoms with Gasteiger partial charge in [-0.25, -0.2) is 13.1 Å². The Hall–Kier alpha value is -0.820. The van der Waals surface area contributed by atoms with Gasteiger partial charge < -0.3 is 10.5 Å². The molecule has 1 heterocycles. The molecule has 1 fully saturated rings. The molecule has 3 rings (SSSR count). The quantitative estimate of drug-likeness (QED) is 0.873. The number of ether oxygens (including phenoxy) is 1. The van der Waals surface area contributed by atoms with Crippen LogP contribution in [-0.4, -0.2) is 26.6 Å². The third-order valence-corrected chi connectivity index (χ3v) is 6.06. The molecule has 1 aromatic rings. The minimum atomic E-state index is -3.54. The second kappa shape index (κ2) is 6.35. The van der Waals surface area contributed by atoms with Gasteiger partial charge in [-0.2, -0.15) is 0 Å². The molecule has 1 aromatic carbocycles. The molecule has 1 aliphatic carbocycles. The van der Waals surface area contributed by atoms with Gasteiger partial charge >= 0.3 is 0 Å². The van der Waals surface area contributed by atoms with E-state index in [4.69, 9.17) is 10.5 Å². The van der Waals surface area contributed by atoms with Gasteiger partial charge in [0.1, 0.15) is 11.9 Å². The van der Waals surface area contributed by atoms with Gasteiger partial charge in [0.05, 0.1) is 4.90 Å². The third-order valence-electron chi connectivity index (χ3n) is 4.48. The van der Waals surface area contributed by atoms with Crippen LogP contribution in [0.3, 0.4) is 0 Å². The van der Waals surface area contributed by atoms with E-state index in [1.165, 1.54) is 0 Å². The molecule has 0 radical (unpaired) electrons. The third kappa shape index (κ3) is 3.25. The molecule has 0 spiro atoms. The minimum Gasteiger partial charge on any atom is -0.490 e. The summed E-state index contributed by atoms with van der Waals surface area (Å²) < 4.78 is 33.7. The van der Waals surface area contributed by atoms with Crippen molar-refractivity contribution in [3.8, 4) is 5.75 Å². The van der Waals surface area contributed by atoms with E-state index in [2.05, 4.69) is 4.72 Å². The molecule has 7 heteroatoms. The Morgan fingerprint density at radius 3 is 2.68 bits per heavy atom. The largest absolute Gasteiger partial charge is 0.490 e. The van der Waals surface area contributed by atoms with Gasteiger partial charge in [0, 0.05) is 18.5 Å². The number of halogens is 1. The highest BCUT2D eigenvalue weighted by Gasteiger charge is 2.37. The molecule has 3 N–H and O–H groups in total. The number of fused-ring (bicyclic) bond motifs is 1. The van der Waals surface area contributed by atoms with Crippen molar-refractivity contribution in [3.05, 3.63) is 23.8 Å². The van der Waals surface area contributed by atoms with Crippen LogP contribution < -0.4 is 15.2 Å². The summed E-state index contributed by atoms with van der Waals surface area (Å²) in [5.74, 6) is 0.788. The van der Waals surface area contributed by atoms with Crippen LogP contribution in [0.15, 0.2) is 23.1 Å². The number of hydrogen-bond acceptors (Lipinski definition) is 4. The van der Waals surface area contributed by atoms with E-state index >= 15 is 0 Å². The Balaban J connectivity index is 0.00000176. The first kappa shape index (κ1) is 17.5. The molecule has 0 amide bonds. The fraction of sp³-hybridized carbons (Fsp3) is 0.600. The molecule has 1 unspecified atom stereocenters. The van der Waals surface area contributed by atoms with Crippen LogP contribution in [0.1, 0.15) is 38.2 Å². The summed E-state index contributed by atoms with van der Waals surface area (Å²) in [6.45, 7) is 2.33. The fourth-order valence-corrected chi connectivity index (χ4v) is 4.83. The van der Waals surface area contributed by atoms with Crippen molar-refractivity contribution in [3.63, 3.8) is 0 Å². The van der Waals surface area contributed by atoms with Gasteiger partial charge in [-0.15, -0.1) is 12.4 Å². The zero-order valence-electron chi connectivity index (χ0n) is 12.7. The molecule has 1 aliphatic heterocycles. The first-order valence-electron chi connectivity index (χ1n) is 7.48. The van der Waals surface area contributed by atoms with Crippen molar-refractivity contribution in [1.82, 2.24) is 4.72 Å². The summed E-state index contributed by atoms with van der Waals surface area (Å²) in [6.07, 6.45) is 4.53. The maximum absolute atomic E-state index is 12.6. The molecule has 0 saturated heterocycles. The highest BCUT2D eigenvalue weighted by atomic mass is 35.5. The molecule has 0 aromatic heterocycles. The number of hydrogen-bond donors (Lipinski definition) is 2. The molecule has 22 heavy (non-hydrogen) atoms. The van der Waals surface area contributed by atoms with Gasteiger partial charge in [-0.1, -0.05) is 12.8 Å². The normalized spacial score (nSPS) is 22.7. The lowest BCUT2D eigenvalue weighted by atomic mass is 10.0. The average molecular weight is 347 g/mol. The number of nitrogens with one attached hydrogen (secondary N) is 1. The van der Waals surface area contributed by atoms with E-state index in [-0.39, 0.29) is 18.5 Å². The molecule has 5 nitrogen and oxygen atoms in total. The minimum absolute atomic E-state index is 0. The monoisotopic (exact) mass is 346 g/mol. The fourth-order valence-electron chi connectivity index (χ4n) is 3.31. The van der Waals surface area contributed by atoms with Gasteiger partial charge in [0.15, 0.2) is 0 Å². The van der Waals surface area contributed by atoms with Crippen LogP contribution in [0, 0.1) is 0 Å². The topological polar surface area (TPSA) is 81.4 Å². The first-order chi connectivity index (χ1) is 9.94. The molecule has 0 bridgehead atoms. The van der Waals surface area contributed by atoms with Crippen LogP contribution in [0.2, 0.25) is 0 Å². The van der Waals surface area contributed by atoms with E-state index in [1.54, 1.807) is 18.2 Å². The number of benzene rings is 1. The second-order valence-corrected chi connectivity index (χ2v) is 7.88. The Labute approximate surface area is 138 Å². The van der Waals surface area contributed by atoms with E-state index in [0.717, 1.165) is 43.4 Å². The van der Waals surface area contributed by atoms with Gasteiger partial charge in [0.25, 0.3) is 0 Å². The average Bonchev–Trinajstić information content (AvgIpc) is 3.03. The van der Waals surface area contributed by atoms with Crippen molar-refractivity contribution >= 4 is 22.4 Å². The predicted octanol–water partition coefficient (Wildman–Crippen LogP) is 1.98. The molecule has 124 valence electrons. The van der Waals surface area contributed by atoms with Crippen molar-refractivity contribution in [2.75, 3.05) is 6.54 Å². The van der Waals surface area contributed by atoms with E-state index in [0.29, 0.717) is 11.4 Å². The van der Waals surface area contributed by atoms with Crippen LogP contribution in [0.5, 0.6) is 5.75 Å². The highest BCUT2D eigenvalue weighted by Crippen LogP contribution is 2.33. The molecular formula is C15H23ClN2O3S. The van der Waals surface area contributed by atoms with E-state index in [1.807, 2.05) is 6.92 Å². The summed E-state index contributed by atoms with van der Waals surface area (Å²) in [5, 5.41) is 0. The van der Waals surface area contributed by atoms with Gasteiger partial charge in [-0.3, -0.25) is 0 Å². The van der Waals surface area contributed by atoms with Gasteiger partial charge in [0.2, 0.25) is 10.0 Å². The van der Waals surface area contributed by atoms with Crippen molar-refractivity contribution in [1.29, 1.82) is 0 Å². The summed E-state index contributed by atoms with van der Waals surface area (Å²) >= 11 is 0. The van der Waals surface area contributed by atoms with Crippen LogP contribution in [0.4, 0.5) is 0 Å².